The molecule has 2 nitrogen and oxygen atoms in total. The number of hydrogen-bond donors (Lipinski definition) is 2. The summed E-state index contributed by atoms with van der Waals surface area (Å²) in [5, 5.41) is 12.8. The van der Waals surface area contributed by atoms with Crippen LogP contribution in [0.15, 0.2) is 24.3 Å². The second-order valence-corrected chi connectivity index (χ2v) is 6.58. The number of benzene rings is 1. The number of nitrogens with one attached hydrogen (secondary N) is 1. The summed E-state index contributed by atoms with van der Waals surface area (Å²) in [6.45, 7) is 8.90. The molecule has 2 rings (SSSR count). The first-order chi connectivity index (χ1) is 8.36. The Bertz CT molecular complexity index is 385. The van der Waals surface area contributed by atoms with E-state index < -0.39 is 0 Å². The minimum absolute atomic E-state index is 0.0852. The fourth-order valence-electron chi connectivity index (χ4n) is 2.45. The molecule has 18 heavy (non-hydrogen) atoms. The predicted octanol–water partition coefficient (Wildman–Crippen LogP) is 3.16. The molecule has 2 heteroatoms. The lowest BCUT2D eigenvalue weighted by Gasteiger charge is -2.34. The van der Waals surface area contributed by atoms with Crippen LogP contribution in [0.25, 0.3) is 0 Å². The highest BCUT2D eigenvalue weighted by atomic mass is 16.3. The van der Waals surface area contributed by atoms with Crippen molar-refractivity contribution in [2.45, 2.75) is 64.1 Å². The summed E-state index contributed by atoms with van der Waals surface area (Å²) in [6, 6.07) is 9.72. The molecule has 1 fully saturated rings. The van der Waals surface area contributed by atoms with Gasteiger partial charge in [0.25, 0.3) is 0 Å². The van der Waals surface area contributed by atoms with E-state index in [-0.39, 0.29) is 11.5 Å². The Morgan fingerprint density at radius 2 is 1.72 bits per heavy atom. The molecule has 0 spiro atoms. The van der Waals surface area contributed by atoms with Crippen molar-refractivity contribution in [3.05, 3.63) is 35.4 Å². The first-order valence-electron chi connectivity index (χ1n) is 6.91. The Morgan fingerprint density at radius 3 is 2.17 bits per heavy atom. The maximum absolute atomic E-state index is 9.29. The van der Waals surface area contributed by atoms with Crippen molar-refractivity contribution in [2.24, 2.45) is 0 Å². The highest BCUT2D eigenvalue weighted by molar-refractivity contribution is 5.29. The van der Waals surface area contributed by atoms with Crippen LogP contribution in [-0.2, 0) is 5.41 Å². The van der Waals surface area contributed by atoms with E-state index in [2.05, 4.69) is 57.3 Å². The fourth-order valence-corrected chi connectivity index (χ4v) is 2.45. The Hall–Kier alpha value is -0.860. The topological polar surface area (TPSA) is 32.3 Å². The third-order valence-corrected chi connectivity index (χ3v) is 3.88. The average Bonchev–Trinajstić information content (AvgIpc) is 2.26. The lowest BCUT2D eigenvalue weighted by atomic mass is 9.85. The Labute approximate surface area is 110 Å². The maximum atomic E-state index is 9.29. The predicted molar refractivity (Wildman–Crippen MR) is 75.7 cm³/mol. The molecule has 100 valence electrons. The average molecular weight is 247 g/mol. The van der Waals surface area contributed by atoms with Crippen molar-refractivity contribution in [3.8, 4) is 0 Å². The van der Waals surface area contributed by atoms with Crippen LogP contribution in [0.5, 0.6) is 0 Å². The molecule has 1 atom stereocenters. The van der Waals surface area contributed by atoms with Gasteiger partial charge in [-0.05, 0) is 36.3 Å². The van der Waals surface area contributed by atoms with Crippen molar-refractivity contribution >= 4 is 0 Å². The lowest BCUT2D eigenvalue weighted by Crippen LogP contribution is -2.45. The minimum atomic E-state index is -0.0852. The number of aliphatic hydroxyl groups is 1. The second kappa shape index (κ2) is 5.02. The van der Waals surface area contributed by atoms with Crippen molar-refractivity contribution < 1.29 is 5.11 Å². The SMILES string of the molecule is CC(NC1CC(O)C1)c1ccc(C(C)(C)C)cc1. The van der Waals surface area contributed by atoms with E-state index in [9.17, 15) is 5.11 Å². The third-order valence-electron chi connectivity index (χ3n) is 3.88. The fraction of sp³-hybridized carbons (Fsp3) is 0.625. The molecule has 0 radical (unpaired) electrons. The summed E-state index contributed by atoms with van der Waals surface area (Å²) in [5.74, 6) is 0. The molecule has 0 aliphatic heterocycles. The van der Waals surface area contributed by atoms with Gasteiger partial charge in [0.05, 0.1) is 6.10 Å². The maximum Gasteiger partial charge on any atom is 0.0570 e. The van der Waals surface area contributed by atoms with E-state index >= 15 is 0 Å². The van der Waals surface area contributed by atoms with Gasteiger partial charge in [-0.1, -0.05) is 45.0 Å². The normalized spacial score (nSPS) is 25.6. The van der Waals surface area contributed by atoms with Crippen LogP contribution in [0, 0.1) is 0 Å². The number of rotatable bonds is 3. The molecule has 0 aromatic heterocycles. The zero-order valence-corrected chi connectivity index (χ0v) is 11.9. The zero-order valence-electron chi connectivity index (χ0n) is 11.9. The molecule has 1 aliphatic rings. The molecule has 1 saturated carbocycles. The number of hydrogen-bond acceptors (Lipinski definition) is 2. The molecule has 0 amide bonds. The summed E-state index contributed by atoms with van der Waals surface area (Å²) >= 11 is 0. The second-order valence-electron chi connectivity index (χ2n) is 6.58. The Morgan fingerprint density at radius 1 is 1.17 bits per heavy atom. The third kappa shape index (κ3) is 3.12. The van der Waals surface area contributed by atoms with Gasteiger partial charge in [0.2, 0.25) is 0 Å². The van der Waals surface area contributed by atoms with Gasteiger partial charge in [-0.2, -0.15) is 0 Å². The standard InChI is InChI=1S/C16H25NO/c1-11(17-14-9-15(18)10-14)12-5-7-13(8-6-12)16(2,3)4/h5-8,11,14-15,17-18H,9-10H2,1-4H3. The van der Waals surface area contributed by atoms with E-state index in [1.807, 2.05) is 0 Å². The monoisotopic (exact) mass is 247 g/mol. The summed E-state index contributed by atoms with van der Waals surface area (Å²) in [7, 11) is 0. The molecule has 2 N–H and O–H groups in total. The Balaban J connectivity index is 1.96. The van der Waals surface area contributed by atoms with Crippen LogP contribution >= 0.6 is 0 Å². The Kier molecular flexibility index (Phi) is 3.79. The number of aliphatic hydroxyl groups excluding tert-OH is 1. The van der Waals surface area contributed by atoms with Gasteiger partial charge in [-0.3, -0.25) is 0 Å². The summed E-state index contributed by atoms with van der Waals surface area (Å²) < 4.78 is 0. The van der Waals surface area contributed by atoms with Crippen molar-refractivity contribution in [1.29, 1.82) is 0 Å². The van der Waals surface area contributed by atoms with Crippen molar-refractivity contribution in [3.63, 3.8) is 0 Å². The van der Waals surface area contributed by atoms with E-state index in [0.717, 1.165) is 12.8 Å². The van der Waals surface area contributed by atoms with Gasteiger partial charge in [0, 0.05) is 12.1 Å². The van der Waals surface area contributed by atoms with Crippen molar-refractivity contribution in [2.75, 3.05) is 0 Å². The van der Waals surface area contributed by atoms with Gasteiger partial charge < -0.3 is 10.4 Å². The van der Waals surface area contributed by atoms with Crippen LogP contribution in [0.3, 0.4) is 0 Å². The molecule has 1 aliphatic carbocycles. The van der Waals surface area contributed by atoms with Gasteiger partial charge in [0.15, 0.2) is 0 Å². The van der Waals surface area contributed by atoms with Crippen LogP contribution in [0.4, 0.5) is 0 Å². The van der Waals surface area contributed by atoms with Crippen LogP contribution in [0.1, 0.15) is 57.7 Å². The first-order valence-corrected chi connectivity index (χ1v) is 6.91. The van der Waals surface area contributed by atoms with E-state index in [4.69, 9.17) is 0 Å². The molecular formula is C16H25NO. The quantitative estimate of drug-likeness (QED) is 0.860. The highest BCUT2D eigenvalue weighted by Gasteiger charge is 2.28. The van der Waals surface area contributed by atoms with E-state index in [1.54, 1.807) is 0 Å². The van der Waals surface area contributed by atoms with E-state index in [0.29, 0.717) is 12.1 Å². The van der Waals surface area contributed by atoms with Crippen LogP contribution in [-0.4, -0.2) is 17.3 Å². The van der Waals surface area contributed by atoms with E-state index in [1.165, 1.54) is 11.1 Å². The summed E-state index contributed by atoms with van der Waals surface area (Å²) in [4.78, 5) is 0. The minimum Gasteiger partial charge on any atom is -0.393 e. The van der Waals surface area contributed by atoms with Gasteiger partial charge in [0.1, 0.15) is 0 Å². The molecule has 1 aromatic carbocycles. The van der Waals surface area contributed by atoms with Crippen LogP contribution in [0.2, 0.25) is 0 Å². The highest BCUT2D eigenvalue weighted by Crippen LogP contribution is 2.26. The lowest BCUT2D eigenvalue weighted by molar-refractivity contribution is 0.0586. The van der Waals surface area contributed by atoms with Crippen LogP contribution < -0.4 is 5.32 Å². The molecular weight excluding hydrogens is 222 g/mol. The molecule has 0 bridgehead atoms. The molecule has 0 heterocycles. The van der Waals surface area contributed by atoms with Crippen molar-refractivity contribution in [1.82, 2.24) is 5.32 Å². The zero-order chi connectivity index (χ0) is 13.3. The molecule has 1 aromatic rings. The van der Waals surface area contributed by atoms with Gasteiger partial charge in [-0.15, -0.1) is 0 Å². The summed E-state index contributed by atoms with van der Waals surface area (Å²) in [5.41, 5.74) is 2.91. The molecule has 0 saturated heterocycles. The van der Waals surface area contributed by atoms with Gasteiger partial charge >= 0.3 is 0 Å². The first kappa shape index (κ1) is 13.6. The van der Waals surface area contributed by atoms with Gasteiger partial charge in [-0.25, -0.2) is 0 Å². The largest absolute Gasteiger partial charge is 0.393 e. The molecule has 1 unspecified atom stereocenters. The summed E-state index contributed by atoms with van der Waals surface area (Å²) in [6.07, 6.45) is 1.70. The smallest absolute Gasteiger partial charge is 0.0570 e.